The molecule has 0 saturated heterocycles. The number of ether oxygens (including phenoxy) is 2. The number of carbonyl (C=O) groups excluding carboxylic acids is 2. The third-order valence-corrected chi connectivity index (χ3v) is 3.14. The highest BCUT2D eigenvalue weighted by Gasteiger charge is 2.13. The lowest BCUT2D eigenvalue weighted by Gasteiger charge is -2.12. The van der Waals surface area contributed by atoms with E-state index in [2.05, 4.69) is 23.6 Å². The standard InChI is InChI=1S/C18H19NO4/c1-12(2)11-23-16-8-6-13(14-5-4-10-19-18(14)16)15(20)7-9-17(21)22-3/h4-10,12H,11H2,1-3H3/b9-7+. The smallest absolute Gasteiger partial charge is 0.330 e. The SMILES string of the molecule is COC(=O)/C=C/C(=O)c1ccc(OCC(C)C)c2ncccc12. The zero-order chi connectivity index (χ0) is 16.8. The van der Waals surface area contributed by atoms with Crippen molar-refractivity contribution in [2.24, 2.45) is 5.92 Å². The Labute approximate surface area is 134 Å². The van der Waals surface area contributed by atoms with Crippen molar-refractivity contribution in [1.29, 1.82) is 0 Å². The van der Waals surface area contributed by atoms with E-state index in [9.17, 15) is 9.59 Å². The van der Waals surface area contributed by atoms with Crippen LogP contribution < -0.4 is 4.74 Å². The number of carbonyl (C=O) groups is 2. The first-order valence-corrected chi connectivity index (χ1v) is 7.33. The molecule has 0 aliphatic rings. The number of fused-ring (bicyclic) bond motifs is 1. The van der Waals surface area contributed by atoms with Crippen LogP contribution in [0.5, 0.6) is 5.75 Å². The third kappa shape index (κ3) is 4.16. The van der Waals surface area contributed by atoms with Crippen LogP contribution in [-0.4, -0.2) is 30.5 Å². The predicted molar refractivity (Wildman–Crippen MR) is 87.6 cm³/mol. The Kier molecular flexibility index (Phi) is 5.46. The number of allylic oxidation sites excluding steroid dienone is 1. The number of ketones is 1. The highest BCUT2D eigenvalue weighted by molar-refractivity contribution is 6.14. The number of esters is 1. The molecule has 0 N–H and O–H groups in total. The van der Waals surface area contributed by atoms with E-state index in [0.717, 1.165) is 6.08 Å². The Morgan fingerprint density at radius 3 is 2.70 bits per heavy atom. The van der Waals surface area contributed by atoms with E-state index in [1.54, 1.807) is 24.4 Å². The molecule has 0 aliphatic carbocycles. The van der Waals surface area contributed by atoms with Crippen molar-refractivity contribution in [2.75, 3.05) is 13.7 Å². The molecule has 5 heteroatoms. The molecule has 0 amide bonds. The van der Waals surface area contributed by atoms with Crippen LogP contribution in [0.1, 0.15) is 24.2 Å². The van der Waals surface area contributed by atoms with Crippen LogP contribution in [0.25, 0.3) is 10.9 Å². The monoisotopic (exact) mass is 313 g/mol. The molecule has 1 aromatic heterocycles. The maximum absolute atomic E-state index is 12.3. The van der Waals surface area contributed by atoms with Gasteiger partial charge in [0.05, 0.1) is 13.7 Å². The van der Waals surface area contributed by atoms with E-state index in [1.807, 2.05) is 6.07 Å². The first-order valence-electron chi connectivity index (χ1n) is 7.33. The van der Waals surface area contributed by atoms with Crippen LogP contribution in [-0.2, 0) is 9.53 Å². The molecule has 5 nitrogen and oxygen atoms in total. The second-order valence-electron chi connectivity index (χ2n) is 5.44. The fourth-order valence-electron chi connectivity index (χ4n) is 2.04. The van der Waals surface area contributed by atoms with Crippen molar-refractivity contribution in [3.63, 3.8) is 0 Å². The number of benzene rings is 1. The van der Waals surface area contributed by atoms with Gasteiger partial charge in [-0.2, -0.15) is 0 Å². The van der Waals surface area contributed by atoms with Crippen LogP contribution in [0.3, 0.4) is 0 Å². The van der Waals surface area contributed by atoms with E-state index in [0.29, 0.717) is 34.7 Å². The average molecular weight is 313 g/mol. The Bertz CT molecular complexity index is 750. The minimum absolute atomic E-state index is 0.288. The van der Waals surface area contributed by atoms with Gasteiger partial charge in [0.1, 0.15) is 11.3 Å². The van der Waals surface area contributed by atoms with E-state index < -0.39 is 5.97 Å². The Morgan fingerprint density at radius 2 is 2.00 bits per heavy atom. The van der Waals surface area contributed by atoms with Crippen LogP contribution >= 0.6 is 0 Å². The average Bonchev–Trinajstić information content (AvgIpc) is 2.56. The highest BCUT2D eigenvalue weighted by atomic mass is 16.5. The van der Waals surface area contributed by atoms with Gasteiger partial charge in [-0.15, -0.1) is 0 Å². The molecular formula is C18H19NO4. The minimum Gasteiger partial charge on any atom is -0.491 e. The largest absolute Gasteiger partial charge is 0.491 e. The van der Waals surface area contributed by atoms with E-state index in [-0.39, 0.29) is 5.78 Å². The lowest BCUT2D eigenvalue weighted by Crippen LogP contribution is -2.06. The van der Waals surface area contributed by atoms with Gasteiger partial charge in [0, 0.05) is 23.2 Å². The van der Waals surface area contributed by atoms with Crippen LogP contribution in [0.4, 0.5) is 0 Å². The van der Waals surface area contributed by atoms with Gasteiger partial charge in [0.2, 0.25) is 0 Å². The normalized spacial score (nSPS) is 11.1. The predicted octanol–water partition coefficient (Wildman–Crippen LogP) is 3.18. The summed E-state index contributed by atoms with van der Waals surface area (Å²) in [6.07, 6.45) is 3.96. The Hall–Kier alpha value is -2.69. The highest BCUT2D eigenvalue weighted by Crippen LogP contribution is 2.27. The number of pyridine rings is 1. The second-order valence-corrected chi connectivity index (χ2v) is 5.44. The summed E-state index contributed by atoms with van der Waals surface area (Å²) in [4.78, 5) is 27.7. The zero-order valence-corrected chi connectivity index (χ0v) is 13.4. The van der Waals surface area contributed by atoms with Gasteiger partial charge in [0.25, 0.3) is 0 Å². The molecule has 0 unspecified atom stereocenters. The number of rotatable bonds is 6. The third-order valence-electron chi connectivity index (χ3n) is 3.14. The molecule has 0 radical (unpaired) electrons. The molecule has 120 valence electrons. The number of nitrogens with zero attached hydrogens (tertiary/aromatic N) is 1. The Morgan fingerprint density at radius 1 is 1.22 bits per heavy atom. The van der Waals surface area contributed by atoms with Crippen molar-refractivity contribution in [3.05, 3.63) is 48.2 Å². The van der Waals surface area contributed by atoms with Crippen molar-refractivity contribution in [3.8, 4) is 5.75 Å². The molecule has 0 bridgehead atoms. The number of hydrogen-bond donors (Lipinski definition) is 0. The molecule has 2 rings (SSSR count). The maximum atomic E-state index is 12.3. The quantitative estimate of drug-likeness (QED) is 0.465. The summed E-state index contributed by atoms with van der Waals surface area (Å²) in [6, 6.07) is 6.99. The van der Waals surface area contributed by atoms with Crippen LogP contribution in [0.2, 0.25) is 0 Å². The lowest BCUT2D eigenvalue weighted by molar-refractivity contribution is -0.134. The second kappa shape index (κ2) is 7.54. The summed E-state index contributed by atoms with van der Waals surface area (Å²) in [7, 11) is 1.26. The van der Waals surface area contributed by atoms with Crippen molar-refractivity contribution < 1.29 is 19.1 Å². The molecule has 1 aromatic carbocycles. The molecule has 2 aromatic rings. The van der Waals surface area contributed by atoms with Gasteiger partial charge in [-0.25, -0.2) is 4.79 Å². The Balaban J connectivity index is 2.39. The summed E-state index contributed by atoms with van der Waals surface area (Å²) < 4.78 is 10.3. The number of hydrogen-bond acceptors (Lipinski definition) is 5. The van der Waals surface area contributed by atoms with Crippen molar-refractivity contribution in [1.82, 2.24) is 4.98 Å². The fraction of sp³-hybridized carbons (Fsp3) is 0.278. The molecular weight excluding hydrogens is 294 g/mol. The van der Waals surface area contributed by atoms with Gasteiger partial charge >= 0.3 is 5.97 Å². The van der Waals surface area contributed by atoms with Crippen LogP contribution in [0.15, 0.2) is 42.6 Å². The topological polar surface area (TPSA) is 65.5 Å². The van der Waals surface area contributed by atoms with Gasteiger partial charge in [-0.3, -0.25) is 9.78 Å². The molecule has 0 atom stereocenters. The molecule has 0 spiro atoms. The minimum atomic E-state index is -0.572. The molecule has 1 heterocycles. The summed E-state index contributed by atoms with van der Waals surface area (Å²) in [5.74, 6) is 0.169. The maximum Gasteiger partial charge on any atom is 0.330 e. The van der Waals surface area contributed by atoms with Gasteiger partial charge in [0.15, 0.2) is 5.78 Å². The van der Waals surface area contributed by atoms with Gasteiger partial charge in [-0.1, -0.05) is 19.9 Å². The first kappa shape index (κ1) is 16.7. The molecule has 0 fully saturated rings. The summed E-state index contributed by atoms with van der Waals surface area (Å²) in [5, 5.41) is 0.688. The van der Waals surface area contributed by atoms with Gasteiger partial charge in [-0.05, 0) is 30.2 Å². The van der Waals surface area contributed by atoms with Gasteiger partial charge < -0.3 is 9.47 Å². The molecule has 0 saturated carbocycles. The van der Waals surface area contributed by atoms with Crippen molar-refractivity contribution in [2.45, 2.75) is 13.8 Å². The number of methoxy groups -OCH3 is 1. The zero-order valence-electron chi connectivity index (χ0n) is 13.4. The van der Waals surface area contributed by atoms with E-state index in [4.69, 9.17) is 4.74 Å². The van der Waals surface area contributed by atoms with E-state index >= 15 is 0 Å². The first-order chi connectivity index (χ1) is 11.0. The fourth-order valence-corrected chi connectivity index (χ4v) is 2.04. The lowest BCUT2D eigenvalue weighted by atomic mass is 10.0. The van der Waals surface area contributed by atoms with Crippen molar-refractivity contribution >= 4 is 22.7 Å². The summed E-state index contributed by atoms with van der Waals surface area (Å²) in [6.45, 7) is 4.69. The summed E-state index contributed by atoms with van der Waals surface area (Å²) in [5.41, 5.74) is 1.09. The molecule has 0 aliphatic heterocycles. The van der Waals surface area contributed by atoms with E-state index in [1.165, 1.54) is 13.2 Å². The molecule has 23 heavy (non-hydrogen) atoms. The van der Waals surface area contributed by atoms with Crippen LogP contribution in [0, 0.1) is 5.92 Å². The summed E-state index contributed by atoms with van der Waals surface area (Å²) >= 11 is 0. The number of aromatic nitrogens is 1.